The zero-order chi connectivity index (χ0) is 15.2. The third-order valence-corrected chi connectivity index (χ3v) is 2.97. The highest BCUT2D eigenvalue weighted by atomic mass is 16.1. The summed E-state index contributed by atoms with van der Waals surface area (Å²) in [5, 5.41) is 2.89. The molecular weight excluding hydrogens is 262 g/mol. The Morgan fingerprint density at radius 1 is 1.29 bits per heavy atom. The molecule has 0 saturated heterocycles. The van der Waals surface area contributed by atoms with Crippen molar-refractivity contribution in [1.82, 2.24) is 4.98 Å². The van der Waals surface area contributed by atoms with Gasteiger partial charge in [-0.3, -0.25) is 9.78 Å². The topological polar surface area (TPSA) is 68.0 Å². The molecule has 0 saturated carbocycles. The minimum atomic E-state index is -0.203. The van der Waals surface area contributed by atoms with Crippen LogP contribution >= 0.6 is 0 Å². The lowest BCUT2D eigenvalue weighted by Gasteiger charge is -2.09. The molecule has 106 valence electrons. The molecule has 1 amide bonds. The van der Waals surface area contributed by atoms with Gasteiger partial charge in [0.05, 0.1) is 12.1 Å². The maximum atomic E-state index is 12.3. The first-order chi connectivity index (χ1) is 10.1. The van der Waals surface area contributed by atoms with E-state index in [9.17, 15) is 4.79 Å². The fourth-order valence-corrected chi connectivity index (χ4v) is 1.93. The number of aryl methyl sites for hydroxylation is 2. The van der Waals surface area contributed by atoms with Crippen molar-refractivity contribution in [3.8, 4) is 11.8 Å². The lowest BCUT2D eigenvalue weighted by molar-refractivity contribution is 0.102. The van der Waals surface area contributed by atoms with Crippen molar-refractivity contribution < 1.29 is 4.79 Å². The number of nitrogens with one attached hydrogen (secondary N) is 1. The van der Waals surface area contributed by atoms with E-state index in [0.717, 1.165) is 16.8 Å². The van der Waals surface area contributed by atoms with Crippen LogP contribution < -0.4 is 11.1 Å². The molecule has 1 heterocycles. The second-order valence-corrected chi connectivity index (χ2v) is 4.74. The van der Waals surface area contributed by atoms with E-state index in [2.05, 4.69) is 22.1 Å². The number of benzene rings is 1. The summed E-state index contributed by atoms with van der Waals surface area (Å²) in [6, 6.07) is 7.59. The minimum Gasteiger partial charge on any atom is -0.322 e. The van der Waals surface area contributed by atoms with Crippen LogP contribution in [0.5, 0.6) is 0 Å². The molecule has 1 aromatic carbocycles. The van der Waals surface area contributed by atoms with Crippen molar-refractivity contribution >= 4 is 11.6 Å². The maximum absolute atomic E-state index is 12.3. The summed E-state index contributed by atoms with van der Waals surface area (Å²) in [5.41, 5.74) is 9.46. The number of nitrogens with zero attached hydrogens (tertiary/aromatic N) is 1. The van der Waals surface area contributed by atoms with Crippen LogP contribution in [-0.2, 0) is 0 Å². The van der Waals surface area contributed by atoms with Crippen LogP contribution in [0.4, 0.5) is 5.69 Å². The molecule has 0 atom stereocenters. The monoisotopic (exact) mass is 279 g/mol. The van der Waals surface area contributed by atoms with Crippen LogP contribution in [0.15, 0.2) is 36.7 Å². The average Bonchev–Trinajstić information content (AvgIpc) is 2.48. The quantitative estimate of drug-likeness (QED) is 0.829. The Labute approximate surface area is 124 Å². The van der Waals surface area contributed by atoms with Gasteiger partial charge in [-0.2, -0.15) is 0 Å². The van der Waals surface area contributed by atoms with Crippen LogP contribution in [-0.4, -0.2) is 17.4 Å². The number of nitrogens with two attached hydrogens (primary N) is 1. The first-order valence-corrected chi connectivity index (χ1v) is 6.63. The molecule has 0 fully saturated rings. The number of carbonyl (C=O) groups is 1. The highest BCUT2D eigenvalue weighted by molar-refractivity contribution is 6.04. The minimum absolute atomic E-state index is 0.203. The largest absolute Gasteiger partial charge is 0.322 e. The van der Waals surface area contributed by atoms with Gasteiger partial charge in [-0.15, -0.1) is 0 Å². The number of hydrogen-bond acceptors (Lipinski definition) is 3. The fraction of sp³-hybridized carbons (Fsp3) is 0.176. The standard InChI is InChI=1S/C17H17N3O/c1-12-5-6-16(13(2)8-12)20-17(21)15-9-14(4-3-7-18)10-19-11-15/h5-6,8-11H,7,18H2,1-2H3,(H,20,21). The number of aromatic nitrogens is 1. The molecule has 1 aromatic heterocycles. The van der Waals surface area contributed by atoms with E-state index in [1.54, 1.807) is 12.3 Å². The van der Waals surface area contributed by atoms with Crippen molar-refractivity contribution in [2.24, 2.45) is 5.73 Å². The van der Waals surface area contributed by atoms with Gasteiger partial charge < -0.3 is 11.1 Å². The first-order valence-electron chi connectivity index (χ1n) is 6.63. The van der Waals surface area contributed by atoms with Crippen molar-refractivity contribution in [2.75, 3.05) is 11.9 Å². The zero-order valence-electron chi connectivity index (χ0n) is 12.1. The Balaban J connectivity index is 2.20. The van der Waals surface area contributed by atoms with Gasteiger partial charge in [0.25, 0.3) is 5.91 Å². The Morgan fingerprint density at radius 3 is 2.81 bits per heavy atom. The van der Waals surface area contributed by atoms with Crippen molar-refractivity contribution in [3.63, 3.8) is 0 Å². The molecule has 0 unspecified atom stereocenters. The number of pyridine rings is 1. The summed E-state index contributed by atoms with van der Waals surface area (Å²) < 4.78 is 0. The SMILES string of the molecule is Cc1ccc(NC(=O)c2cncc(C#CCN)c2)c(C)c1. The lowest BCUT2D eigenvalue weighted by Crippen LogP contribution is -2.13. The Kier molecular flexibility index (Phi) is 4.70. The predicted octanol–water partition coefficient (Wildman–Crippen LogP) is 2.26. The van der Waals surface area contributed by atoms with E-state index < -0.39 is 0 Å². The molecule has 3 N–H and O–H groups in total. The van der Waals surface area contributed by atoms with Crippen LogP contribution in [0.25, 0.3) is 0 Å². The van der Waals surface area contributed by atoms with Gasteiger partial charge in [-0.05, 0) is 31.5 Å². The van der Waals surface area contributed by atoms with Crippen LogP contribution in [0.3, 0.4) is 0 Å². The van der Waals surface area contributed by atoms with Crippen molar-refractivity contribution in [2.45, 2.75) is 13.8 Å². The van der Waals surface area contributed by atoms with E-state index in [0.29, 0.717) is 11.1 Å². The predicted molar refractivity (Wildman–Crippen MR) is 84.0 cm³/mol. The molecule has 0 aliphatic heterocycles. The third-order valence-electron chi connectivity index (χ3n) is 2.97. The summed E-state index contributed by atoms with van der Waals surface area (Å²) in [4.78, 5) is 16.3. The summed E-state index contributed by atoms with van der Waals surface area (Å²) in [7, 11) is 0. The number of hydrogen-bond donors (Lipinski definition) is 2. The first kappa shape index (κ1) is 14.8. The summed E-state index contributed by atoms with van der Waals surface area (Å²) in [5.74, 6) is 5.40. The Bertz CT molecular complexity index is 726. The van der Waals surface area contributed by atoms with Gasteiger partial charge in [0.15, 0.2) is 0 Å². The molecule has 0 bridgehead atoms. The number of amides is 1. The van der Waals surface area contributed by atoms with E-state index >= 15 is 0 Å². The smallest absolute Gasteiger partial charge is 0.257 e. The summed E-state index contributed by atoms with van der Waals surface area (Å²) >= 11 is 0. The second-order valence-electron chi connectivity index (χ2n) is 4.74. The van der Waals surface area contributed by atoms with Gasteiger partial charge >= 0.3 is 0 Å². The fourth-order valence-electron chi connectivity index (χ4n) is 1.93. The zero-order valence-corrected chi connectivity index (χ0v) is 12.1. The summed E-state index contributed by atoms with van der Waals surface area (Å²) in [6.07, 6.45) is 3.13. The van der Waals surface area contributed by atoms with E-state index in [4.69, 9.17) is 5.73 Å². The molecule has 0 spiro atoms. The van der Waals surface area contributed by atoms with Gasteiger partial charge in [0.2, 0.25) is 0 Å². The normalized spacial score (nSPS) is 9.67. The van der Waals surface area contributed by atoms with Gasteiger partial charge in [-0.25, -0.2) is 0 Å². The number of rotatable bonds is 2. The van der Waals surface area contributed by atoms with Gasteiger partial charge in [0.1, 0.15) is 0 Å². The van der Waals surface area contributed by atoms with Crippen LogP contribution in [0.2, 0.25) is 0 Å². The molecule has 4 heteroatoms. The van der Waals surface area contributed by atoms with E-state index in [1.807, 2.05) is 32.0 Å². The third kappa shape index (κ3) is 3.91. The number of carbonyl (C=O) groups excluding carboxylic acids is 1. The second kappa shape index (κ2) is 6.69. The Morgan fingerprint density at radius 2 is 2.10 bits per heavy atom. The summed E-state index contributed by atoms with van der Waals surface area (Å²) in [6.45, 7) is 4.26. The number of anilines is 1. The Hall–Kier alpha value is -2.64. The van der Waals surface area contributed by atoms with E-state index in [-0.39, 0.29) is 12.5 Å². The molecule has 0 aliphatic carbocycles. The molecule has 4 nitrogen and oxygen atoms in total. The van der Waals surface area contributed by atoms with Crippen molar-refractivity contribution in [1.29, 1.82) is 0 Å². The maximum Gasteiger partial charge on any atom is 0.257 e. The molecule has 21 heavy (non-hydrogen) atoms. The molecular formula is C17H17N3O. The highest BCUT2D eigenvalue weighted by Gasteiger charge is 2.08. The lowest BCUT2D eigenvalue weighted by atomic mass is 10.1. The average molecular weight is 279 g/mol. The molecule has 0 aliphatic rings. The van der Waals surface area contributed by atoms with Crippen LogP contribution in [0.1, 0.15) is 27.0 Å². The molecule has 2 rings (SSSR count). The van der Waals surface area contributed by atoms with Gasteiger partial charge in [-0.1, -0.05) is 29.5 Å². The molecule has 0 radical (unpaired) electrons. The highest BCUT2D eigenvalue weighted by Crippen LogP contribution is 2.17. The van der Waals surface area contributed by atoms with E-state index in [1.165, 1.54) is 6.20 Å². The van der Waals surface area contributed by atoms with Gasteiger partial charge in [0, 0.05) is 23.6 Å². The van der Waals surface area contributed by atoms with Crippen molar-refractivity contribution in [3.05, 3.63) is 58.9 Å². The van der Waals surface area contributed by atoms with Crippen LogP contribution in [0, 0.1) is 25.7 Å². The molecule has 2 aromatic rings.